The Balaban J connectivity index is 1.59. The number of fused-ring (bicyclic) bond motifs is 1. The normalized spacial score (nSPS) is 11.1. The van der Waals surface area contributed by atoms with E-state index in [1.807, 2.05) is 30.5 Å². The molecule has 0 unspecified atom stereocenters. The number of hydrogen-bond donors (Lipinski definition) is 0. The Hall–Kier alpha value is -2.53. The molecule has 0 atom stereocenters. The molecular formula is C20H15BrFN3. The van der Waals surface area contributed by atoms with E-state index in [1.165, 1.54) is 6.07 Å². The predicted octanol–water partition coefficient (Wildman–Crippen LogP) is 4.97. The maximum atomic E-state index is 13.4. The zero-order valence-electron chi connectivity index (χ0n) is 13.4. The topological polar surface area (TPSA) is 30.7 Å². The highest BCUT2D eigenvalue weighted by Gasteiger charge is 2.08. The van der Waals surface area contributed by atoms with Crippen molar-refractivity contribution in [3.8, 4) is 0 Å². The van der Waals surface area contributed by atoms with Crippen LogP contribution in [0.15, 0.2) is 71.5 Å². The Morgan fingerprint density at radius 3 is 2.80 bits per heavy atom. The summed E-state index contributed by atoms with van der Waals surface area (Å²) in [6.45, 7) is 0.641. The average molecular weight is 396 g/mol. The molecule has 2 heterocycles. The van der Waals surface area contributed by atoms with E-state index in [0.29, 0.717) is 17.4 Å². The maximum absolute atomic E-state index is 13.4. The molecule has 2 aromatic carbocycles. The highest BCUT2D eigenvalue weighted by molar-refractivity contribution is 9.10. The summed E-state index contributed by atoms with van der Waals surface area (Å²) in [5.74, 6) is 0.679. The number of rotatable bonds is 4. The van der Waals surface area contributed by atoms with Gasteiger partial charge >= 0.3 is 0 Å². The minimum absolute atomic E-state index is 0.255. The minimum Gasteiger partial charge on any atom is -0.330 e. The van der Waals surface area contributed by atoms with Crippen LogP contribution in [0, 0.1) is 5.82 Å². The van der Waals surface area contributed by atoms with E-state index in [-0.39, 0.29) is 5.82 Å². The van der Waals surface area contributed by atoms with Crippen LogP contribution in [0.2, 0.25) is 0 Å². The highest BCUT2D eigenvalue weighted by atomic mass is 79.9. The standard InChI is InChI=1S/C20H15BrFN3/c21-17-11-14(5-8-18(17)22)13-25-10-9-23-20(25)12-16-7-6-15-3-1-2-4-19(15)24-16/h1-11H,12-13H2. The second-order valence-electron chi connectivity index (χ2n) is 5.89. The van der Waals surface area contributed by atoms with Gasteiger partial charge < -0.3 is 4.57 Å². The molecule has 0 saturated carbocycles. The lowest BCUT2D eigenvalue weighted by molar-refractivity contribution is 0.619. The predicted molar refractivity (Wildman–Crippen MR) is 100.0 cm³/mol. The largest absolute Gasteiger partial charge is 0.330 e. The Morgan fingerprint density at radius 1 is 1.04 bits per heavy atom. The number of aromatic nitrogens is 3. The third-order valence-electron chi connectivity index (χ3n) is 4.13. The lowest BCUT2D eigenvalue weighted by Gasteiger charge is -2.09. The van der Waals surface area contributed by atoms with Gasteiger partial charge in [0, 0.05) is 36.4 Å². The summed E-state index contributed by atoms with van der Waals surface area (Å²) in [6.07, 6.45) is 4.38. The van der Waals surface area contributed by atoms with Gasteiger partial charge in [0.25, 0.3) is 0 Å². The average Bonchev–Trinajstić information content (AvgIpc) is 3.05. The number of pyridine rings is 1. The minimum atomic E-state index is -0.255. The van der Waals surface area contributed by atoms with Crippen molar-refractivity contribution in [2.24, 2.45) is 0 Å². The molecule has 4 aromatic rings. The lowest BCUT2D eigenvalue weighted by Crippen LogP contribution is -2.06. The summed E-state index contributed by atoms with van der Waals surface area (Å²) < 4.78 is 15.9. The van der Waals surface area contributed by atoms with Crippen LogP contribution >= 0.6 is 15.9 Å². The Morgan fingerprint density at radius 2 is 1.92 bits per heavy atom. The van der Waals surface area contributed by atoms with E-state index in [9.17, 15) is 4.39 Å². The van der Waals surface area contributed by atoms with E-state index >= 15 is 0 Å². The molecule has 3 nitrogen and oxygen atoms in total. The van der Waals surface area contributed by atoms with Crippen molar-refractivity contribution in [3.05, 3.63) is 94.4 Å². The van der Waals surface area contributed by atoms with Crippen molar-refractivity contribution >= 4 is 26.8 Å². The Bertz CT molecular complexity index is 1040. The number of nitrogens with zero attached hydrogens (tertiary/aromatic N) is 3. The molecule has 0 aliphatic rings. The van der Waals surface area contributed by atoms with Crippen molar-refractivity contribution in [1.29, 1.82) is 0 Å². The second kappa shape index (κ2) is 6.76. The SMILES string of the molecule is Fc1ccc(Cn2ccnc2Cc2ccc3ccccc3n2)cc1Br. The first-order valence-electron chi connectivity index (χ1n) is 7.98. The molecule has 124 valence electrons. The number of benzene rings is 2. The fraction of sp³-hybridized carbons (Fsp3) is 0.100. The van der Waals surface area contributed by atoms with Crippen molar-refractivity contribution in [3.63, 3.8) is 0 Å². The fourth-order valence-electron chi connectivity index (χ4n) is 2.85. The number of halogens is 2. The first kappa shape index (κ1) is 16.0. The van der Waals surface area contributed by atoms with E-state index < -0.39 is 0 Å². The Kier molecular flexibility index (Phi) is 4.32. The molecule has 0 radical (unpaired) electrons. The number of para-hydroxylation sites is 1. The number of imidazole rings is 1. The molecule has 25 heavy (non-hydrogen) atoms. The van der Waals surface area contributed by atoms with Crippen molar-refractivity contribution in [1.82, 2.24) is 14.5 Å². The zero-order valence-corrected chi connectivity index (χ0v) is 14.9. The summed E-state index contributed by atoms with van der Waals surface area (Å²) in [5, 5.41) is 1.13. The van der Waals surface area contributed by atoms with Gasteiger partial charge in [-0.1, -0.05) is 30.3 Å². The molecule has 0 fully saturated rings. The third-order valence-corrected chi connectivity index (χ3v) is 4.74. The van der Waals surface area contributed by atoms with Crippen LogP contribution in [-0.2, 0) is 13.0 Å². The van der Waals surface area contributed by atoms with Crippen LogP contribution in [0.5, 0.6) is 0 Å². The van der Waals surface area contributed by atoms with Crippen LogP contribution in [0.25, 0.3) is 10.9 Å². The van der Waals surface area contributed by atoms with Crippen molar-refractivity contribution in [2.45, 2.75) is 13.0 Å². The van der Waals surface area contributed by atoms with Gasteiger partial charge in [0.2, 0.25) is 0 Å². The second-order valence-corrected chi connectivity index (χ2v) is 6.75. The zero-order chi connectivity index (χ0) is 17.2. The van der Waals surface area contributed by atoms with Crippen LogP contribution in [0.3, 0.4) is 0 Å². The first-order valence-corrected chi connectivity index (χ1v) is 8.77. The maximum Gasteiger partial charge on any atom is 0.137 e. The van der Waals surface area contributed by atoms with Crippen LogP contribution in [-0.4, -0.2) is 14.5 Å². The van der Waals surface area contributed by atoms with Gasteiger partial charge in [0.15, 0.2) is 0 Å². The van der Waals surface area contributed by atoms with Gasteiger partial charge in [-0.25, -0.2) is 9.37 Å². The van der Waals surface area contributed by atoms with Gasteiger partial charge in [-0.3, -0.25) is 4.98 Å². The summed E-state index contributed by atoms with van der Waals surface area (Å²) in [7, 11) is 0. The molecular weight excluding hydrogens is 381 g/mol. The fourth-order valence-corrected chi connectivity index (χ4v) is 3.28. The first-order chi connectivity index (χ1) is 12.2. The van der Waals surface area contributed by atoms with E-state index in [4.69, 9.17) is 4.98 Å². The van der Waals surface area contributed by atoms with E-state index in [0.717, 1.165) is 28.0 Å². The van der Waals surface area contributed by atoms with E-state index in [1.54, 1.807) is 18.3 Å². The molecule has 2 aromatic heterocycles. The quantitative estimate of drug-likeness (QED) is 0.488. The van der Waals surface area contributed by atoms with Gasteiger partial charge in [0.05, 0.1) is 9.99 Å². The van der Waals surface area contributed by atoms with Gasteiger partial charge in [-0.15, -0.1) is 0 Å². The lowest BCUT2D eigenvalue weighted by atomic mass is 10.1. The monoisotopic (exact) mass is 395 g/mol. The van der Waals surface area contributed by atoms with Crippen molar-refractivity contribution < 1.29 is 4.39 Å². The molecule has 0 aliphatic carbocycles. The molecule has 0 N–H and O–H groups in total. The van der Waals surface area contributed by atoms with Crippen LogP contribution in [0.4, 0.5) is 4.39 Å². The van der Waals surface area contributed by atoms with Gasteiger partial charge in [-0.2, -0.15) is 0 Å². The smallest absolute Gasteiger partial charge is 0.137 e. The number of hydrogen-bond acceptors (Lipinski definition) is 2. The third kappa shape index (κ3) is 3.46. The molecule has 4 rings (SSSR count). The summed E-state index contributed by atoms with van der Waals surface area (Å²) in [6, 6.07) is 17.3. The summed E-state index contributed by atoms with van der Waals surface area (Å²) >= 11 is 3.24. The molecule has 5 heteroatoms. The van der Waals surface area contributed by atoms with Crippen molar-refractivity contribution in [2.75, 3.05) is 0 Å². The van der Waals surface area contributed by atoms with Gasteiger partial charge in [0.1, 0.15) is 11.6 Å². The Labute approximate surface area is 153 Å². The molecule has 0 amide bonds. The summed E-state index contributed by atoms with van der Waals surface area (Å²) in [4.78, 5) is 9.18. The van der Waals surface area contributed by atoms with E-state index in [2.05, 4.69) is 37.6 Å². The summed E-state index contributed by atoms with van der Waals surface area (Å²) in [5.41, 5.74) is 2.98. The molecule has 0 bridgehead atoms. The highest BCUT2D eigenvalue weighted by Crippen LogP contribution is 2.19. The molecule has 0 saturated heterocycles. The van der Waals surface area contributed by atoms with Crippen LogP contribution < -0.4 is 0 Å². The van der Waals surface area contributed by atoms with Gasteiger partial charge in [-0.05, 0) is 45.8 Å². The molecule has 0 spiro atoms. The van der Waals surface area contributed by atoms with Crippen LogP contribution in [0.1, 0.15) is 17.1 Å². The molecule has 0 aliphatic heterocycles.